The van der Waals surface area contributed by atoms with Crippen LogP contribution in [-0.4, -0.2) is 7.85 Å². The van der Waals surface area contributed by atoms with Crippen LogP contribution in [0.15, 0.2) is 0 Å². The highest BCUT2D eigenvalue weighted by atomic mass is 14.4. The molecule has 1 unspecified atom stereocenters. The lowest BCUT2D eigenvalue weighted by atomic mass is 9.79. The third kappa shape index (κ3) is 4.98. The van der Waals surface area contributed by atoms with Gasteiger partial charge in [-0.25, -0.2) is 0 Å². The average Bonchev–Trinajstić information content (AvgIpc) is 2.72. The average molecular weight is 248 g/mol. The van der Waals surface area contributed by atoms with Gasteiger partial charge in [0.05, 0.1) is 7.85 Å². The standard InChI is InChI=1S/C17H33B/c1-5-14-12-16(17(2,3)4)13-15(14)10-8-6-7-9-11-18/h14-16H,5-13H2,1-4H3/t14?,15-,16-/m0/s1. The van der Waals surface area contributed by atoms with Crippen LogP contribution in [0.2, 0.25) is 6.32 Å². The van der Waals surface area contributed by atoms with E-state index in [0.29, 0.717) is 5.41 Å². The monoisotopic (exact) mass is 248 g/mol. The summed E-state index contributed by atoms with van der Waals surface area (Å²) in [5.41, 5.74) is 0.516. The lowest BCUT2D eigenvalue weighted by Crippen LogP contribution is -2.17. The topological polar surface area (TPSA) is 0 Å². The van der Waals surface area contributed by atoms with Gasteiger partial charge in [-0.05, 0) is 36.0 Å². The summed E-state index contributed by atoms with van der Waals surface area (Å²) in [6, 6.07) is 0. The van der Waals surface area contributed by atoms with E-state index in [0.717, 1.165) is 24.1 Å². The van der Waals surface area contributed by atoms with Crippen molar-refractivity contribution < 1.29 is 0 Å². The van der Waals surface area contributed by atoms with Crippen LogP contribution in [0.5, 0.6) is 0 Å². The Morgan fingerprint density at radius 3 is 2.11 bits per heavy atom. The molecule has 1 fully saturated rings. The van der Waals surface area contributed by atoms with Gasteiger partial charge in [0.15, 0.2) is 0 Å². The first-order chi connectivity index (χ1) is 8.49. The van der Waals surface area contributed by atoms with Crippen molar-refractivity contribution in [2.75, 3.05) is 0 Å². The molecule has 1 heteroatoms. The molecule has 0 N–H and O–H groups in total. The summed E-state index contributed by atoms with van der Waals surface area (Å²) >= 11 is 0. The minimum atomic E-state index is 0.516. The van der Waals surface area contributed by atoms with Crippen LogP contribution in [0.1, 0.15) is 79.1 Å². The van der Waals surface area contributed by atoms with Gasteiger partial charge in [-0.3, -0.25) is 0 Å². The maximum Gasteiger partial charge on any atom is 0.0653 e. The van der Waals surface area contributed by atoms with Gasteiger partial charge in [0.1, 0.15) is 0 Å². The van der Waals surface area contributed by atoms with Crippen molar-refractivity contribution in [2.24, 2.45) is 23.2 Å². The number of hydrogen-bond acceptors (Lipinski definition) is 0. The van der Waals surface area contributed by atoms with Gasteiger partial charge in [-0.1, -0.05) is 72.5 Å². The van der Waals surface area contributed by atoms with Crippen LogP contribution in [0, 0.1) is 23.2 Å². The molecule has 104 valence electrons. The second-order valence-electron chi connectivity index (χ2n) is 7.45. The quantitative estimate of drug-likeness (QED) is 0.405. The van der Waals surface area contributed by atoms with E-state index in [4.69, 9.17) is 7.85 Å². The molecule has 1 rings (SSSR count). The molecule has 0 nitrogen and oxygen atoms in total. The smallest absolute Gasteiger partial charge is 0.0653 e. The Hall–Kier alpha value is 0.0649. The molecule has 1 aliphatic carbocycles. The van der Waals surface area contributed by atoms with E-state index in [9.17, 15) is 0 Å². The van der Waals surface area contributed by atoms with Gasteiger partial charge in [0, 0.05) is 0 Å². The highest BCUT2D eigenvalue weighted by Gasteiger charge is 2.38. The SMILES string of the molecule is [B]CCCCCC[C@H]1C[C@@H](C(C)(C)C)CC1CC. The molecule has 2 radical (unpaired) electrons. The Morgan fingerprint density at radius 1 is 0.944 bits per heavy atom. The molecule has 0 aromatic carbocycles. The maximum atomic E-state index is 5.54. The lowest BCUT2D eigenvalue weighted by Gasteiger charge is -2.27. The summed E-state index contributed by atoms with van der Waals surface area (Å²) in [6.45, 7) is 9.66. The number of rotatable bonds is 7. The predicted molar refractivity (Wildman–Crippen MR) is 83.1 cm³/mol. The zero-order chi connectivity index (χ0) is 13.6. The first kappa shape index (κ1) is 16.1. The van der Waals surface area contributed by atoms with Crippen LogP contribution < -0.4 is 0 Å². The molecule has 18 heavy (non-hydrogen) atoms. The van der Waals surface area contributed by atoms with Gasteiger partial charge in [0.2, 0.25) is 0 Å². The molecule has 0 amide bonds. The van der Waals surface area contributed by atoms with Crippen molar-refractivity contribution in [3.63, 3.8) is 0 Å². The zero-order valence-corrected chi connectivity index (χ0v) is 13.2. The highest BCUT2D eigenvalue weighted by molar-refractivity contribution is 6.08. The van der Waals surface area contributed by atoms with Crippen LogP contribution in [0.25, 0.3) is 0 Å². The summed E-state index contributed by atoms with van der Waals surface area (Å²) in [7, 11) is 5.54. The molecule has 0 heterocycles. The first-order valence-corrected chi connectivity index (χ1v) is 8.19. The summed E-state index contributed by atoms with van der Waals surface area (Å²) in [6.07, 6.45) is 12.1. The second-order valence-corrected chi connectivity index (χ2v) is 7.45. The van der Waals surface area contributed by atoms with Gasteiger partial charge < -0.3 is 0 Å². The third-order valence-electron chi connectivity index (χ3n) is 5.12. The Labute approximate surface area is 117 Å². The van der Waals surface area contributed by atoms with E-state index in [1.54, 1.807) is 0 Å². The first-order valence-electron chi connectivity index (χ1n) is 8.19. The van der Waals surface area contributed by atoms with E-state index in [1.165, 1.54) is 51.4 Å². The molecule has 0 aromatic rings. The maximum absolute atomic E-state index is 5.54. The molecule has 0 aliphatic heterocycles. The van der Waals surface area contributed by atoms with Crippen molar-refractivity contribution in [3.05, 3.63) is 0 Å². The van der Waals surface area contributed by atoms with Crippen LogP contribution in [0.3, 0.4) is 0 Å². The lowest BCUT2D eigenvalue weighted by molar-refractivity contribution is 0.235. The Balaban J connectivity index is 2.31. The van der Waals surface area contributed by atoms with Crippen LogP contribution in [0.4, 0.5) is 0 Å². The Bertz CT molecular complexity index is 216. The normalized spacial score (nSPS) is 28.8. The fourth-order valence-corrected chi connectivity index (χ4v) is 3.68. The van der Waals surface area contributed by atoms with E-state index < -0.39 is 0 Å². The molecule has 0 bridgehead atoms. The highest BCUT2D eigenvalue weighted by Crippen LogP contribution is 2.48. The fourth-order valence-electron chi connectivity index (χ4n) is 3.68. The van der Waals surface area contributed by atoms with E-state index in [-0.39, 0.29) is 0 Å². The van der Waals surface area contributed by atoms with Gasteiger partial charge in [-0.15, -0.1) is 0 Å². The van der Waals surface area contributed by atoms with Gasteiger partial charge in [0.25, 0.3) is 0 Å². The van der Waals surface area contributed by atoms with E-state index in [1.807, 2.05) is 0 Å². The number of unbranched alkanes of at least 4 members (excludes halogenated alkanes) is 3. The van der Waals surface area contributed by atoms with Gasteiger partial charge in [-0.2, -0.15) is 0 Å². The molecule has 1 aliphatic rings. The van der Waals surface area contributed by atoms with Crippen molar-refractivity contribution in [1.82, 2.24) is 0 Å². The number of hydrogen-bond donors (Lipinski definition) is 0. The van der Waals surface area contributed by atoms with Crippen molar-refractivity contribution in [3.8, 4) is 0 Å². The minimum absolute atomic E-state index is 0.516. The van der Waals surface area contributed by atoms with Crippen LogP contribution in [-0.2, 0) is 0 Å². The van der Waals surface area contributed by atoms with E-state index >= 15 is 0 Å². The zero-order valence-electron chi connectivity index (χ0n) is 13.2. The Morgan fingerprint density at radius 2 is 1.56 bits per heavy atom. The summed E-state index contributed by atoms with van der Waals surface area (Å²) in [4.78, 5) is 0. The third-order valence-corrected chi connectivity index (χ3v) is 5.12. The second kappa shape index (κ2) is 7.60. The summed E-state index contributed by atoms with van der Waals surface area (Å²) in [5, 5.41) is 0. The van der Waals surface area contributed by atoms with Crippen molar-refractivity contribution >= 4 is 7.85 Å². The molecule has 0 aromatic heterocycles. The largest absolute Gasteiger partial charge is 0.0887 e. The molecular weight excluding hydrogens is 215 g/mol. The summed E-state index contributed by atoms with van der Waals surface area (Å²) < 4.78 is 0. The Kier molecular flexibility index (Phi) is 6.81. The van der Waals surface area contributed by atoms with Crippen molar-refractivity contribution in [1.29, 1.82) is 0 Å². The minimum Gasteiger partial charge on any atom is -0.0887 e. The molecule has 3 atom stereocenters. The van der Waals surface area contributed by atoms with Crippen LogP contribution >= 0.6 is 0 Å². The molecule has 1 saturated carbocycles. The van der Waals surface area contributed by atoms with Gasteiger partial charge >= 0.3 is 0 Å². The molecule has 0 spiro atoms. The fraction of sp³-hybridized carbons (Fsp3) is 1.00. The van der Waals surface area contributed by atoms with E-state index in [2.05, 4.69) is 27.7 Å². The molecule has 0 saturated heterocycles. The summed E-state index contributed by atoms with van der Waals surface area (Å²) in [5.74, 6) is 2.97. The molecular formula is C17H33B. The van der Waals surface area contributed by atoms with Crippen molar-refractivity contribution in [2.45, 2.75) is 85.4 Å². The predicted octanol–water partition coefficient (Wildman–Crippen LogP) is 5.62.